The molecule has 1 aliphatic rings. The average Bonchev–Trinajstić information content (AvgIpc) is 2.31. The summed E-state index contributed by atoms with van der Waals surface area (Å²) in [6.45, 7) is 2.57. The number of benzene rings is 1. The lowest BCUT2D eigenvalue weighted by molar-refractivity contribution is 0.133. The van der Waals surface area contributed by atoms with Crippen molar-refractivity contribution in [2.45, 2.75) is 37.5 Å². The fourth-order valence-corrected chi connectivity index (χ4v) is 3.95. The van der Waals surface area contributed by atoms with Crippen LogP contribution in [0.1, 0.15) is 32.6 Å². The summed E-state index contributed by atoms with van der Waals surface area (Å²) in [5.74, 6) is 0. The third-order valence-corrected chi connectivity index (χ3v) is 5.76. The molecule has 1 fully saturated rings. The van der Waals surface area contributed by atoms with Crippen LogP contribution in [0.2, 0.25) is 5.02 Å². The SMILES string of the molecule is CCC1(CNS(=O)(=O)c2cc(Cl)ccc2N)CCC1. The number of nitrogens with two attached hydrogens (primary N) is 1. The fourth-order valence-electron chi connectivity index (χ4n) is 2.40. The summed E-state index contributed by atoms with van der Waals surface area (Å²) in [6.07, 6.45) is 4.32. The lowest BCUT2D eigenvalue weighted by atomic mass is 9.67. The van der Waals surface area contributed by atoms with Gasteiger partial charge in [0, 0.05) is 11.6 Å². The molecule has 0 aliphatic heterocycles. The highest BCUT2D eigenvalue weighted by molar-refractivity contribution is 7.89. The van der Waals surface area contributed by atoms with Crippen molar-refractivity contribution in [1.29, 1.82) is 0 Å². The minimum atomic E-state index is -3.59. The Bertz CT molecular complexity index is 562. The molecule has 1 aliphatic carbocycles. The van der Waals surface area contributed by atoms with Crippen LogP contribution in [0.5, 0.6) is 0 Å². The van der Waals surface area contributed by atoms with Gasteiger partial charge in [-0.3, -0.25) is 0 Å². The van der Waals surface area contributed by atoms with Crippen LogP contribution in [0.15, 0.2) is 23.1 Å². The minimum absolute atomic E-state index is 0.0607. The van der Waals surface area contributed by atoms with E-state index in [0.29, 0.717) is 11.6 Å². The molecular formula is C13H19ClN2O2S. The van der Waals surface area contributed by atoms with E-state index in [9.17, 15) is 8.42 Å². The van der Waals surface area contributed by atoms with Crippen molar-refractivity contribution in [3.63, 3.8) is 0 Å². The second kappa shape index (κ2) is 5.31. The van der Waals surface area contributed by atoms with Crippen LogP contribution in [-0.2, 0) is 10.0 Å². The van der Waals surface area contributed by atoms with E-state index in [1.165, 1.54) is 18.6 Å². The van der Waals surface area contributed by atoms with Crippen molar-refractivity contribution in [2.75, 3.05) is 12.3 Å². The van der Waals surface area contributed by atoms with Crippen LogP contribution in [0.25, 0.3) is 0 Å². The molecule has 2 rings (SSSR count). The maximum atomic E-state index is 12.3. The van der Waals surface area contributed by atoms with Crippen molar-refractivity contribution in [1.82, 2.24) is 4.72 Å². The summed E-state index contributed by atoms with van der Waals surface area (Å²) in [6, 6.07) is 4.48. The van der Waals surface area contributed by atoms with E-state index in [2.05, 4.69) is 11.6 Å². The second-order valence-corrected chi connectivity index (χ2v) is 7.39. The Morgan fingerprint density at radius 2 is 2.11 bits per heavy atom. The van der Waals surface area contributed by atoms with Gasteiger partial charge in [0.15, 0.2) is 0 Å². The van der Waals surface area contributed by atoms with Gasteiger partial charge in [0.2, 0.25) is 10.0 Å². The van der Waals surface area contributed by atoms with Crippen LogP contribution >= 0.6 is 11.6 Å². The normalized spacial score (nSPS) is 18.0. The van der Waals surface area contributed by atoms with E-state index in [0.717, 1.165) is 19.3 Å². The Labute approximate surface area is 119 Å². The van der Waals surface area contributed by atoms with Gasteiger partial charge in [0.1, 0.15) is 4.90 Å². The van der Waals surface area contributed by atoms with Crippen LogP contribution in [0, 0.1) is 5.41 Å². The molecule has 0 unspecified atom stereocenters. The topological polar surface area (TPSA) is 72.2 Å². The molecule has 3 N–H and O–H groups in total. The van der Waals surface area contributed by atoms with Gasteiger partial charge in [-0.15, -0.1) is 0 Å². The Morgan fingerprint density at radius 1 is 1.42 bits per heavy atom. The maximum Gasteiger partial charge on any atom is 0.242 e. The Hall–Kier alpha value is -0.780. The molecule has 1 saturated carbocycles. The van der Waals surface area contributed by atoms with E-state index < -0.39 is 10.0 Å². The van der Waals surface area contributed by atoms with Crippen LogP contribution in [0.3, 0.4) is 0 Å². The van der Waals surface area contributed by atoms with Crippen LogP contribution in [-0.4, -0.2) is 15.0 Å². The first-order valence-electron chi connectivity index (χ1n) is 6.43. The predicted octanol–water partition coefficient (Wildman–Crippen LogP) is 2.78. The number of halogens is 1. The van der Waals surface area contributed by atoms with E-state index in [1.54, 1.807) is 6.07 Å². The quantitative estimate of drug-likeness (QED) is 0.822. The molecule has 0 atom stereocenters. The third kappa shape index (κ3) is 3.04. The highest BCUT2D eigenvalue weighted by atomic mass is 35.5. The molecule has 0 heterocycles. The Kier molecular flexibility index (Phi) is 4.08. The summed E-state index contributed by atoms with van der Waals surface area (Å²) >= 11 is 5.83. The van der Waals surface area contributed by atoms with E-state index >= 15 is 0 Å². The van der Waals surface area contributed by atoms with Gasteiger partial charge in [-0.25, -0.2) is 13.1 Å². The van der Waals surface area contributed by atoms with Crippen molar-refractivity contribution in [2.24, 2.45) is 5.41 Å². The van der Waals surface area contributed by atoms with E-state index in [-0.39, 0.29) is 16.0 Å². The molecule has 0 spiro atoms. The molecule has 0 radical (unpaired) electrons. The number of hydrogen-bond donors (Lipinski definition) is 2. The minimum Gasteiger partial charge on any atom is -0.398 e. The molecule has 1 aromatic carbocycles. The number of anilines is 1. The first-order chi connectivity index (χ1) is 8.88. The van der Waals surface area contributed by atoms with E-state index in [1.807, 2.05) is 0 Å². The van der Waals surface area contributed by atoms with Crippen molar-refractivity contribution < 1.29 is 8.42 Å². The second-order valence-electron chi connectivity index (χ2n) is 5.21. The van der Waals surface area contributed by atoms with Crippen molar-refractivity contribution in [3.8, 4) is 0 Å². The number of nitrogen functional groups attached to an aromatic ring is 1. The summed E-state index contributed by atoms with van der Waals surface area (Å²) < 4.78 is 27.2. The molecular weight excluding hydrogens is 284 g/mol. The molecule has 0 aromatic heterocycles. The first-order valence-corrected chi connectivity index (χ1v) is 8.29. The summed E-state index contributed by atoms with van der Waals surface area (Å²) in [5.41, 5.74) is 6.06. The van der Waals surface area contributed by atoms with Gasteiger partial charge >= 0.3 is 0 Å². The third-order valence-electron chi connectivity index (χ3n) is 4.07. The number of nitrogens with one attached hydrogen (secondary N) is 1. The summed E-state index contributed by atoms with van der Waals surface area (Å²) in [4.78, 5) is 0.0607. The Balaban J connectivity index is 2.16. The largest absolute Gasteiger partial charge is 0.398 e. The lowest BCUT2D eigenvalue weighted by Crippen LogP contribution is -2.41. The van der Waals surface area contributed by atoms with Gasteiger partial charge in [0.25, 0.3) is 0 Å². The Morgan fingerprint density at radius 3 is 2.63 bits per heavy atom. The molecule has 0 amide bonds. The molecule has 0 saturated heterocycles. The lowest BCUT2D eigenvalue weighted by Gasteiger charge is -2.41. The zero-order chi connectivity index (χ0) is 14.1. The fraction of sp³-hybridized carbons (Fsp3) is 0.538. The smallest absolute Gasteiger partial charge is 0.242 e. The van der Waals surface area contributed by atoms with Crippen LogP contribution < -0.4 is 10.5 Å². The number of hydrogen-bond acceptors (Lipinski definition) is 3. The molecule has 106 valence electrons. The summed E-state index contributed by atoms with van der Waals surface area (Å²) in [5, 5.41) is 0.364. The number of rotatable bonds is 5. The van der Waals surface area contributed by atoms with Crippen LogP contribution in [0.4, 0.5) is 5.69 Å². The van der Waals surface area contributed by atoms with Crippen molar-refractivity contribution in [3.05, 3.63) is 23.2 Å². The summed E-state index contributed by atoms with van der Waals surface area (Å²) in [7, 11) is -3.59. The zero-order valence-electron chi connectivity index (χ0n) is 10.9. The predicted molar refractivity (Wildman–Crippen MR) is 77.6 cm³/mol. The standard InChI is InChI=1S/C13H19ClN2O2S/c1-2-13(6-3-7-13)9-16-19(17,18)12-8-10(14)4-5-11(12)15/h4-5,8,16H,2-3,6-7,9,15H2,1H3. The van der Waals surface area contributed by atoms with Gasteiger partial charge in [-0.1, -0.05) is 24.9 Å². The van der Waals surface area contributed by atoms with E-state index in [4.69, 9.17) is 17.3 Å². The average molecular weight is 303 g/mol. The molecule has 1 aromatic rings. The van der Waals surface area contributed by atoms with Crippen molar-refractivity contribution >= 4 is 27.3 Å². The van der Waals surface area contributed by atoms with Gasteiger partial charge in [-0.2, -0.15) is 0 Å². The zero-order valence-corrected chi connectivity index (χ0v) is 12.5. The first kappa shape index (κ1) is 14.6. The molecule has 19 heavy (non-hydrogen) atoms. The van der Waals surface area contributed by atoms with Gasteiger partial charge in [-0.05, 0) is 42.9 Å². The molecule has 6 heteroatoms. The highest BCUT2D eigenvalue weighted by Gasteiger charge is 2.36. The highest BCUT2D eigenvalue weighted by Crippen LogP contribution is 2.43. The maximum absolute atomic E-state index is 12.3. The molecule has 0 bridgehead atoms. The number of sulfonamides is 1. The van der Waals surface area contributed by atoms with Gasteiger partial charge in [0.05, 0.1) is 5.69 Å². The molecule has 4 nitrogen and oxygen atoms in total. The van der Waals surface area contributed by atoms with Gasteiger partial charge < -0.3 is 5.73 Å². The monoisotopic (exact) mass is 302 g/mol.